The maximum atomic E-state index is 13.4. The largest absolute Gasteiger partial charge is 0.324 e. The van der Waals surface area contributed by atoms with E-state index in [1.807, 2.05) is 13.0 Å². The predicted octanol–water partition coefficient (Wildman–Crippen LogP) is 1.64. The normalized spacial score (nSPS) is 12.8. The summed E-state index contributed by atoms with van der Waals surface area (Å²) in [6, 6.07) is 3.52. The minimum Gasteiger partial charge on any atom is -0.324 e. The van der Waals surface area contributed by atoms with Crippen molar-refractivity contribution in [3.8, 4) is 11.4 Å². The Labute approximate surface area is 92.9 Å². The molecular weight excluding hydrogens is 207 g/mol. The molecule has 16 heavy (non-hydrogen) atoms. The van der Waals surface area contributed by atoms with Crippen LogP contribution in [0.4, 0.5) is 4.39 Å². The van der Waals surface area contributed by atoms with Crippen LogP contribution in [0.3, 0.4) is 0 Å². The second kappa shape index (κ2) is 4.02. The highest BCUT2D eigenvalue weighted by molar-refractivity contribution is 5.55. The minimum atomic E-state index is -0.372. The summed E-state index contributed by atoms with van der Waals surface area (Å²) in [5.41, 5.74) is 7.58. The van der Waals surface area contributed by atoms with E-state index < -0.39 is 0 Å². The predicted molar refractivity (Wildman–Crippen MR) is 59.0 cm³/mol. The Hall–Kier alpha value is -1.75. The lowest BCUT2D eigenvalue weighted by molar-refractivity contribution is 0.628. The van der Waals surface area contributed by atoms with E-state index in [2.05, 4.69) is 10.1 Å². The fourth-order valence-electron chi connectivity index (χ4n) is 1.51. The highest BCUT2D eigenvalue weighted by Crippen LogP contribution is 2.20. The summed E-state index contributed by atoms with van der Waals surface area (Å²) in [6.07, 6.45) is 2.84. The summed E-state index contributed by atoms with van der Waals surface area (Å²) in [6.45, 7) is 1.88. The molecule has 2 heterocycles. The van der Waals surface area contributed by atoms with Crippen molar-refractivity contribution in [3.05, 3.63) is 35.9 Å². The van der Waals surface area contributed by atoms with Gasteiger partial charge in [-0.2, -0.15) is 5.10 Å². The van der Waals surface area contributed by atoms with Crippen molar-refractivity contribution < 1.29 is 4.39 Å². The van der Waals surface area contributed by atoms with Crippen LogP contribution in [-0.2, 0) is 7.05 Å². The first-order chi connectivity index (χ1) is 7.59. The molecular formula is C11H13FN4. The van der Waals surface area contributed by atoms with Crippen molar-refractivity contribution in [2.45, 2.75) is 13.0 Å². The number of aryl methyl sites for hydroxylation is 1. The molecule has 2 N–H and O–H groups in total. The number of hydrogen-bond acceptors (Lipinski definition) is 3. The molecule has 0 aromatic carbocycles. The molecule has 0 saturated heterocycles. The molecule has 0 aliphatic rings. The summed E-state index contributed by atoms with van der Waals surface area (Å²) in [4.78, 5) is 4.18. The van der Waals surface area contributed by atoms with Crippen LogP contribution in [0.25, 0.3) is 11.4 Å². The van der Waals surface area contributed by atoms with Gasteiger partial charge in [-0.15, -0.1) is 0 Å². The van der Waals surface area contributed by atoms with E-state index in [0.717, 1.165) is 5.56 Å². The fourth-order valence-corrected chi connectivity index (χ4v) is 1.51. The summed E-state index contributed by atoms with van der Waals surface area (Å²) < 4.78 is 14.9. The Kier molecular flexibility index (Phi) is 2.70. The van der Waals surface area contributed by atoms with E-state index in [1.54, 1.807) is 19.3 Å². The van der Waals surface area contributed by atoms with E-state index in [-0.39, 0.29) is 11.9 Å². The quantitative estimate of drug-likeness (QED) is 0.837. The van der Waals surface area contributed by atoms with Gasteiger partial charge in [-0.1, -0.05) is 6.07 Å². The SMILES string of the molecule is C[C@H](N)c1ccc(-c2c(F)cnn2C)nc1. The maximum Gasteiger partial charge on any atom is 0.170 e. The van der Waals surface area contributed by atoms with Gasteiger partial charge in [0.05, 0.1) is 11.9 Å². The molecule has 2 aromatic heterocycles. The van der Waals surface area contributed by atoms with Crippen LogP contribution in [0.15, 0.2) is 24.5 Å². The molecule has 0 saturated carbocycles. The zero-order chi connectivity index (χ0) is 11.7. The molecule has 0 spiro atoms. The summed E-state index contributed by atoms with van der Waals surface area (Å²) >= 11 is 0. The second-order valence-corrected chi connectivity index (χ2v) is 3.73. The lowest BCUT2D eigenvalue weighted by atomic mass is 10.1. The topological polar surface area (TPSA) is 56.7 Å². The van der Waals surface area contributed by atoms with Crippen LogP contribution in [0.2, 0.25) is 0 Å². The van der Waals surface area contributed by atoms with Crippen molar-refractivity contribution >= 4 is 0 Å². The van der Waals surface area contributed by atoms with Gasteiger partial charge in [-0.25, -0.2) is 4.39 Å². The van der Waals surface area contributed by atoms with Crippen LogP contribution >= 0.6 is 0 Å². The molecule has 0 aliphatic carbocycles. The summed E-state index contributed by atoms with van der Waals surface area (Å²) in [5, 5.41) is 3.83. The molecule has 5 heteroatoms. The second-order valence-electron chi connectivity index (χ2n) is 3.73. The Morgan fingerprint density at radius 3 is 2.56 bits per heavy atom. The Morgan fingerprint density at radius 2 is 2.12 bits per heavy atom. The summed E-state index contributed by atoms with van der Waals surface area (Å²) in [5.74, 6) is -0.372. The molecule has 0 aliphatic heterocycles. The monoisotopic (exact) mass is 220 g/mol. The number of nitrogens with two attached hydrogens (primary N) is 1. The van der Waals surface area contributed by atoms with Crippen molar-refractivity contribution in [2.24, 2.45) is 12.8 Å². The van der Waals surface area contributed by atoms with Gasteiger partial charge in [0.1, 0.15) is 5.69 Å². The third kappa shape index (κ3) is 1.81. The van der Waals surface area contributed by atoms with E-state index >= 15 is 0 Å². The fraction of sp³-hybridized carbons (Fsp3) is 0.273. The first-order valence-corrected chi connectivity index (χ1v) is 4.99. The first-order valence-electron chi connectivity index (χ1n) is 4.99. The van der Waals surface area contributed by atoms with Gasteiger partial charge < -0.3 is 5.73 Å². The number of halogens is 1. The van der Waals surface area contributed by atoms with Crippen LogP contribution in [0.5, 0.6) is 0 Å². The maximum absolute atomic E-state index is 13.4. The van der Waals surface area contributed by atoms with Gasteiger partial charge in [0, 0.05) is 19.3 Å². The van der Waals surface area contributed by atoms with E-state index in [9.17, 15) is 4.39 Å². The first kappa shape index (κ1) is 10.8. The average molecular weight is 220 g/mol. The van der Waals surface area contributed by atoms with Gasteiger partial charge in [-0.3, -0.25) is 9.67 Å². The van der Waals surface area contributed by atoms with Crippen LogP contribution in [-0.4, -0.2) is 14.8 Å². The number of aromatic nitrogens is 3. The van der Waals surface area contributed by atoms with Crippen LogP contribution < -0.4 is 5.73 Å². The smallest absolute Gasteiger partial charge is 0.170 e. The number of pyridine rings is 1. The molecule has 0 bridgehead atoms. The third-order valence-corrected chi connectivity index (χ3v) is 2.45. The van der Waals surface area contributed by atoms with E-state index in [1.165, 1.54) is 10.9 Å². The van der Waals surface area contributed by atoms with E-state index in [0.29, 0.717) is 11.4 Å². The molecule has 1 atom stereocenters. The Bertz CT molecular complexity index is 468. The van der Waals surface area contributed by atoms with Gasteiger partial charge in [0.25, 0.3) is 0 Å². The zero-order valence-corrected chi connectivity index (χ0v) is 9.18. The molecule has 0 fully saturated rings. The van der Waals surface area contributed by atoms with Gasteiger partial charge in [0.15, 0.2) is 5.82 Å². The summed E-state index contributed by atoms with van der Waals surface area (Å²) in [7, 11) is 1.68. The average Bonchev–Trinajstić information content (AvgIpc) is 2.59. The minimum absolute atomic E-state index is 0.0714. The molecule has 2 aromatic rings. The number of nitrogens with zero attached hydrogens (tertiary/aromatic N) is 3. The van der Waals surface area contributed by atoms with Crippen molar-refractivity contribution in [1.82, 2.24) is 14.8 Å². The lowest BCUT2D eigenvalue weighted by Gasteiger charge is -2.06. The van der Waals surface area contributed by atoms with E-state index in [4.69, 9.17) is 5.73 Å². The Morgan fingerprint density at radius 1 is 1.38 bits per heavy atom. The molecule has 0 amide bonds. The highest BCUT2D eigenvalue weighted by Gasteiger charge is 2.12. The van der Waals surface area contributed by atoms with Crippen molar-refractivity contribution in [3.63, 3.8) is 0 Å². The Balaban J connectivity index is 2.42. The van der Waals surface area contributed by atoms with Crippen molar-refractivity contribution in [1.29, 1.82) is 0 Å². The zero-order valence-electron chi connectivity index (χ0n) is 9.18. The number of hydrogen-bond donors (Lipinski definition) is 1. The van der Waals surface area contributed by atoms with Crippen LogP contribution in [0.1, 0.15) is 18.5 Å². The number of rotatable bonds is 2. The molecule has 2 rings (SSSR count). The highest BCUT2D eigenvalue weighted by atomic mass is 19.1. The lowest BCUT2D eigenvalue weighted by Crippen LogP contribution is -2.05. The van der Waals surface area contributed by atoms with Crippen LogP contribution in [0, 0.1) is 5.82 Å². The molecule has 84 valence electrons. The molecule has 0 radical (unpaired) electrons. The van der Waals surface area contributed by atoms with Gasteiger partial charge >= 0.3 is 0 Å². The molecule has 4 nitrogen and oxygen atoms in total. The standard InChI is InChI=1S/C11H13FN4/c1-7(13)8-3-4-10(14-5-8)11-9(12)6-15-16(11)2/h3-7H,13H2,1-2H3/t7-/m0/s1. The van der Waals surface area contributed by atoms with Crippen molar-refractivity contribution in [2.75, 3.05) is 0 Å². The van der Waals surface area contributed by atoms with Gasteiger partial charge in [-0.05, 0) is 18.6 Å². The third-order valence-electron chi connectivity index (χ3n) is 2.45. The molecule has 0 unspecified atom stereocenters. The van der Waals surface area contributed by atoms with Gasteiger partial charge in [0.2, 0.25) is 0 Å².